The average Bonchev–Trinajstić information content (AvgIpc) is 2.76. The van der Waals surface area contributed by atoms with E-state index in [-0.39, 0.29) is 11.9 Å². The summed E-state index contributed by atoms with van der Waals surface area (Å²) in [6, 6.07) is 5.10. The number of carbonyl (C=O) groups is 2. The Morgan fingerprint density at radius 2 is 1.91 bits per heavy atom. The molecule has 6 nitrogen and oxygen atoms in total. The Bertz CT molecular complexity index is 511. The summed E-state index contributed by atoms with van der Waals surface area (Å²) in [7, 11) is 0. The number of hydrogen-bond donors (Lipinski definition) is 2. The first kappa shape index (κ1) is 16.3. The Morgan fingerprint density at radius 3 is 2.59 bits per heavy atom. The summed E-state index contributed by atoms with van der Waals surface area (Å²) < 4.78 is 0. The molecule has 0 unspecified atom stereocenters. The Morgan fingerprint density at radius 1 is 1.18 bits per heavy atom. The van der Waals surface area contributed by atoms with Gasteiger partial charge >= 0.3 is 6.03 Å². The highest BCUT2D eigenvalue weighted by Gasteiger charge is 2.15. The molecule has 1 fully saturated rings. The summed E-state index contributed by atoms with van der Waals surface area (Å²) in [5.41, 5.74) is 0.842. The van der Waals surface area contributed by atoms with Gasteiger partial charge in [0.15, 0.2) is 0 Å². The van der Waals surface area contributed by atoms with E-state index in [1.54, 1.807) is 6.07 Å². The molecule has 1 saturated heterocycles. The van der Waals surface area contributed by atoms with Crippen LogP contribution in [-0.2, 0) is 4.79 Å². The van der Waals surface area contributed by atoms with Gasteiger partial charge in [-0.15, -0.1) is 0 Å². The van der Waals surface area contributed by atoms with Crippen LogP contribution in [-0.4, -0.2) is 41.5 Å². The van der Waals surface area contributed by atoms with E-state index in [4.69, 9.17) is 0 Å². The maximum atomic E-state index is 12.1. The molecule has 0 saturated carbocycles. The van der Waals surface area contributed by atoms with Crippen molar-refractivity contribution in [1.82, 2.24) is 15.2 Å². The van der Waals surface area contributed by atoms with Gasteiger partial charge < -0.3 is 10.2 Å². The van der Waals surface area contributed by atoms with E-state index >= 15 is 0 Å². The van der Waals surface area contributed by atoms with Gasteiger partial charge in [-0.25, -0.2) is 9.78 Å². The van der Waals surface area contributed by atoms with Crippen LogP contribution < -0.4 is 10.6 Å². The van der Waals surface area contributed by atoms with Gasteiger partial charge in [-0.2, -0.15) is 0 Å². The van der Waals surface area contributed by atoms with Gasteiger partial charge in [-0.1, -0.05) is 18.9 Å². The number of pyridine rings is 1. The van der Waals surface area contributed by atoms with Gasteiger partial charge in [0.05, 0.1) is 0 Å². The normalized spacial score (nSPS) is 15.0. The van der Waals surface area contributed by atoms with Crippen LogP contribution in [0.25, 0.3) is 0 Å². The lowest BCUT2D eigenvalue weighted by atomic mass is 10.2. The summed E-state index contributed by atoms with van der Waals surface area (Å²) in [5.74, 6) is 0.632. The summed E-state index contributed by atoms with van der Waals surface area (Å²) in [5, 5.41) is 5.36. The van der Waals surface area contributed by atoms with Gasteiger partial charge in [-0.3, -0.25) is 10.1 Å². The number of likely N-dealkylation sites (tertiary alicyclic amines) is 1. The van der Waals surface area contributed by atoms with Gasteiger partial charge in [0, 0.05) is 31.7 Å². The maximum Gasteiger partial charge on any atom is 0.320 e. The maximum absolute atomic E-state index is 12.1. The minimum atomic E-state index is -0.332. The van der Waals surface area contributed by atoms with Crippen molar-refractivity contribution in [2.75, 3.05) is 25.0 Å². The van der Waals surface area contributed by atoms with Crippen molar-refractivity contribution in [2.24, 2.45) is 0 Å². The van der Waals surface area contributed by atoms with Crippen molar-refractivity contribution >= 4 is 17.8 Å². The minimum absolute atomic E-state index is 0.121. The number of anilines is 1. The largest absolute Gasteiger partial charge is 0.343 e. The molecule has 2 N–H and O–H groups in total. The number of nitrogens with zero attached hydrogens (tertiary/aromatic N) is 2. The Balaban J connectivity index is 1.69. The van der Waals surface area contributed by atoms with Crippen molar-refractivity contribution < 1.29 is 9.59 Å². The number of nitrogens with one attached hydrogen (secondary N) is 2. The van der Waals surface area contributed by atoms with Crippen LogP contribution in [0.5, 0.6) is 0 Å². The second-order valence-electron chi connectivity index (χ2n) is 5.59. The van der Waals surface area contributed by atoms with Gasteiger partial charge in [0.25, 0.3) is 0 Å². The number of carbonyl (C=O) groups excluding carboxylic acids is 2. The quantitative estimate of drug-likeness (QED) is 0.896. The lowest BCUT2D eigenvalue weighted by Gasteiger charge is -2.20. The van der Waals surface area contributed by atoms with Crippen LogP contribution in [0.15, 0.2) is 18.2 Å². The van der Waals surface area contributed by atoms with Crippen LogP contribution >= 0.6 is 0 Å². The topological polar surface area (TPSA) is 74.3 Å². The van der Waals surface area contributed by atoms with E-state index < -0.39 is 0 Å². The Labute approximate surface area is 131 Å². The van der Waals surface area contributed by atoms with E-state index in [2.05, 4.69) is 15.6 Å². The smallest absolute Gasteiger partial charge is 0.320 e. The predicted octanol–water partition coefficient (Wildman–Crippen LogP) is 2.30. The molecule has 22 heavy (non-hydrogen) atoms. The standard InChI is InChI=1S/C16H24N4O2/c1-13-7-6-8-14(18-13)19-16(22)17-10-9-15(21)20-11-4-2-3-5-12-20/h6-8H,2-5,9-12H2,1H3,(H2,17,18,19,22). The lowest BCUT2D eigenvalue weighted by molar-refractivity contribution is -0.131. The molecule has 1 aliphatic rings. The molecule has 0 bridgehead atoms. The van der Waals surface area contributed by atoms with E-state index in [1.165, 1.54) is 12.8 Å². The van der Waals surface area contributed by atoms with Crippen LogP contribution in [0.3, 0.4) is 0 Å². The summed E-state index contributed by atoms with van der Waals surface area (Å²) >= 11 is 0. The Kier molecular flexibility index (Phi) is 6.18. The summed E-state index contributed by atoms with van der Waals surface area (Å²) in [6.07, 6.45) is 4.91. The molecule has 6 heteroatoms. The molecule has 1 aromatic heterocycles. The van der Waals surface area contributed by atoms with Crippen LogP contribution in [0.1, 0.15) is 37.8 Å². The number of amides is 3. The van der Waals surface area contributed by atoms with E-state index in [9.17, 15) is 9.59 Å². The predicted molar refractivity (Wildman–Crippen MR) is 85.7 cm³/mol. The zero-order valence-corrected chi connectivity index (χ0v) is 13.1. The van der Waals surface area contributed by atoms with Crippen LogP contribution in [0, 0.1) is 6.92 Å². The summed E-state index contributed by atoms with van der Waals surface area (Å²) in [6.45, 7) is 3.90. The first-order valence-electron chi connectivity index (χ1n) is 7.91. The van der Waals surface area contributed by atoms with E-state index in [1.807, 2.05) is 24.0 Å². The first-order valence-corrected chi connectivity index (χ1v) is 7.91. The molecule has 0 aliphatic carbocycles. The molecule has 3 amide bonds. The van der Waals surface area contributed by atoms with Crippen molar-refractivity contribution in [3.05, 3.63) is 23.9 Å². The second-order valence-corrected chi connectivity index (χ2v) is 5.59. The SMILES string of the molecule is Cc1cccc(NC(=O)NCCC(=O)N2CCCCCC2)n1. The van der Waals surface area contributed by atoms with Crippen molar-refractivity contribution in [3.8, 4) is 0 Å². The Hall–Kier alpha value is -2.11. The minimum Gasteiger partial charge on any atom is -0.343 e. The number of aryl methyl sites for hydroxylation is 1. The third kappa shape index (κ3) is 5.35. The fraction of sp³-hybridized carbons (Fsp3) is 0.562. The fourth-order valence-corrected chi connectivity index (χ4v) is 2.53. The molecule has 0 aromatic carbocycles. The monoisotopic (exact) mass is 304 g/mol. The highest BCUT2D eigenvalue weighted by Crippen LogP contribution is 2.10. The molecular weight excluding hydrogens is 280 g/mol. The van der Waals surface area contributed by atoms with Crippen molar-refractivity contribution in [1.29, 1.82) is 0 Å². The first-order chi connectivity index (χ1) is 10.6. The summed E-state index contributed by atoms with van der Waals surface area (Å²) in [4.78, 5) is 29.9. The fourth-order valence-electron chi connectivity index (χ4n) is 2.53. The highest BCUT2D eigenvalue weighted by molar-refractivity contribution is 5.88. The van der Waals surface area contributed by atoms with E-state index in [0.29, 0.717) is 18.8 Å². The molecule has 1 aliphatic heterocycles. The zero-order valence-electron chi connectivity index (χ0n) is 13.1. The van der Waals surface area contributed by atoms with Gasteiger partial charge in [0.1, 0.15) is 5.82 Å². The second kappa shape index (κ2) is 8.36. The number of hydrogen-bond acceptors (Lipinski definition) is 3. The average molecular weight is 304 g/mol. The molecule has 0 atom stereocenters. The van der Waals surface area contributed by atoms with Gasteiger partial charge in [0.2, 0.25) is 5.91 Å². The third-order valence-electron chi connectivity index (χ3n) is 3.71. The molecular formula is C16H24N4O2. The van der Waals surface area contributed by atoms with Crippen molar-refractivity contribution in [2.45, 2.75) is 39.0 Å². The zero-order chi connectivity index (χ0) is 15.8. The molecule has 0 radical (unpaired) electrons. The molecule has 1 aromatic rings. The number of aromatic nitrogens is 1. The molecule has 2 heterocycles. The number of urea groups is 1. The van der Waals surface area contributed by atoms with Crippen LogP contribution in [0.2, 0.25) is 0 Å². The van der Waals surface area contributed by atoms with Crippen LogP contribution in [0.4, 0.5) is 10.6 Å². The molecule has 120 valence electrons. The van der Waals surface area contributed by atoms with E-state index in [0.717, 1.165) is 31.6 Å². The molecule has 2 rings (SSSR count). The third-order valence-corrected chi connectivity index (χ3v) is 3.71. The highest BCUT2D eigenvalue weighted by atomic mass is 16.2. The molecule has 0 spiro atoms. The van der Waals surface area contributed by atoms with Crippen molar-refractivity contribution in [3.63, 3.8) is 0 Å². The van der Waals surface area contributed by atoms with Gasteiger partial charge in [-0.05, 0) is 31.9 Å². The number of rotatable bonds is 4. The lowest BCUT2D eigenvalue weighted by Crippen LogP contribution is -2.36.